The highest BCUT2D eigenvalue weighted by atomic mass is 16.5. The summed E-state index contributed by atoms with van der Waals surface area (Å²) in [5.41, 5.74) is 6.28. The van der Waals surface area contributed by atoms with Crippen LogP contribution in [0.3, 0.4) is 0 Å². The smallest absolute Gasteiger partial charge is 0.335 e. The van der Waals surface area contributed by atoms with Gasteiger partial charge >= 0.3 is 5.97 Å². The third kappa shape index (κ3) is 3.25. The molecule has 0 aromatic heterocycles. The van der Waals surface area contributed by atoms with Gasteiger partial charge in [0.25, 0.3) is 0 Å². The molecule has 2 aliphatic rings. The molecule has 29 heavy (non-hydrogen) atoms. The van der Waals surface area contributed by atoms with Crippen LogP contribution in [-0.2, 0) is 0 Å². The van der Waals surface area contributed by atoms with E-state index in [0.717, 1.165) is 51.6 Å². The van der Waals surface area contributed by atoms with Crippen LogP contribution in [0.15, 0.2) is 72.0 Å². The topological polar surface area (TPSA) is 58.6 Å². The van der Waals surface area contributed by atoms with Crippen LogP contribution in [0.1, 0.15) is 46.8 Å². The summed E-state index contributed by atoms with van der Waals surface area (Å²) in [6.07, 6.45) is 4.13. The van der Waals surface area contributed by atoms with Gasteiger partial charge in [-0.25, -0.2) is 4.79 Å². The molecule has 0 spiro atoms. The summed E-state index contributed by atoms with van der Waals surface area (Å²) in [5, 5.41) is 13.2. The van der Waals surface area contributed by atoms with Crippen molar-refractivity contribution in [3.63, 3.8) is 0 Å². The standard InChI is InChI=1S/C25H25NO3/c1-5-26-21-13-23-20(11-16(21)4)24(17-8-6-7-9-18(17)25(27)28)19-10-14(2)15(3)12-22(19)29-23/h6-13,19,24,26H,3,5H2,1-2,4H3,(H,27,28). The molecular formula is C25H25NO3. The second-order valence-corrected chi connectivity index (χ2v) is 7.65. The number of anilines is 1. The molecule has 0 amide bonds. The SMILES string of the molecule is C=C1C=C2Oc3cc(NCC)c(C)cc3C(c3ccccc3C(=O)O)C2C=C1C. The first kappa shape index (κ1) is 19.1. The maximum atomic E-state index is 12.0. The molecule has 0 saturated carbocycles. The summed E-state index contributed by atoms with van der Waals surface area (Å²) < 4.78 is 6.32. The van der Waals surface area contributed by atoms with E-state index in [9.17, 15) is 9.90 Å². The van der Waals surface area contributed by atoms with Crippen LogP contribution in [0.2, 0.25) is 0 Å². The minimum absolute atomic E-state index is 0.0714. The van der Waals surface area contributed by atoms with Gasteiger partial charge < -0.3 is 15.2 Å². The third-order valence-corrected chi connectivity index (χ3v) is 5.75. The summed E-state index contributed by atoms with van der Waals surface area (Å²) in [7, 11) is 0. The lowest BCUT2D eigenvalue weighted by atomic mass is 9.73. The number of ether oxygens (including phenoxy) is 1. The Morgan fingerprint density at radius 3 is 2.69 bits per heavy atom. The molecule has 0 radical (unpaired) electrons. The zero-order valence-electron chi connectivity index (χ0n) is 17.0. The predicted octanol–water partition coefficient (Wildman–Crippen LogP) is 5.67. The fraction of sp³-hybridized carbons (Fsp3) is 0.240. The molecule has 1 aliphatic heterocycles. The molecular weight excluding hydrogens is 362 g/mol. The number of benzene rings is 2. The highest BCUT2D eigenvalue weighted by Gasteiger charge is 2.38. The van der Waals surface area contributed by atoms with E-state index in [1.165, 1.54) is 0 Å². The Balaban J connectivity index is 1.97. The van der Waals surface area contributed by atoms with E-state index in [0.29, 0.717) is 5.56 Å². The van der Waals surface area contributed by atoms with Gasteiger partial charge in [-0.1, -0.05) is 30.9 Å². The second-order valence-electron chi connectivity index (χ2n) is 7.65. The van der Waals surface area contributed by atoms with Crippen molar-refractivity contribution in [2.75, 3.05) is 11.9 Å². The average Bonchev–Trinajstić information content (AvgIpc) is 2.69. The van der Waals surface area contributed by atoms with E-state index >= 15 is 0 Å². The minimum atomic E-state index is -0.916. The minimum Gasteiger partial charge on any atom is -0.478 e. The molecule has 2 aromatic rings. The Morgan fingerprint density at radius 2 is 1.97 bits per heavy atom. The number of carbonyl (C=O) groups is 1. The summed E-state index contributed by atoms with van der Waals surface area (Å²) in [4.78, 5) is 12.0. The van der Waals surface area contributed by atoms with Crippen LogP contribution in [0.4, 0.5) is 5.69 Å². The van der Waals surface area contributed by atoms with Crippen LogP contribution < -0.4 is 10.1 Å². The lowest BCUT2D eigenvalue weighted by Crippen LogP contribution is -2.27. The van der Waals surface area contributed by atoms with Crippen LogP contribution >= 0.6 is 0 Å². The summed E-state index contributed by atoms with van der Waals surface area (Å²) in [6, 6.07) is 11.4. The molecule has 4 rings (SSSR count). The Bertz CT molecular complexity index is 1080. The quantitative estimate of drug-likeness (QED) is 0.710. The monoisotopic (exact) mass is 387 g/mol. The summed E-state index contributed by atoms with van der Waals surface area (Å²) in [5.74, 6) is 0.443. The van der Waals surface area contributed by atoms with Crippen molar-refractivity contribution >= 4 is 11.7 Å². The molecule has 4 heteroatoms. The number of hydrogen-bond donors (Lipinski definition) is 2. The van der Waals surface area contributed by atoms with Crippen molar-refractivity contribution < 1.29 is 14.6 Å². The van der Waals surface area contributed by atoms with E-state index in [-0.39, 0.29) is 11.8 Å². The summed E-state index contributed by atoms with van der Waals surface area (Å²) >= 11 is 0. The van der Waals surface area contributed by atoms with Crippen LogP contribution in [0, 0.1) is 12.8 Å². The van der Waals surface area contributed by atoms with Gasteiger partial charge in [0.2, 0.25) is 0 Å². The van der Waals surface area contributed by atoms with Crippen molar-refractivity contribution in [2.45, 2.75) is 26.7 Å². The second kappa shape index (κ2) is 7.28. The fourth-order valence-electron chi connectivity index (χ4n) is 4.27. The third-order valence-electron chi connectivity index (χ3n) is 5.75. The normalized spacial score (nSPS) is 20.0. The molecule has 0 bridgehead atoms. The lowest BCUT2D eigenvalue weighted by Gasteiger charge is -2.37. The number of carboxylic acids is 1. The van der Waals surface area contributed by atoms with Crippen LogP contribution in [0.5, 0.6) is 5.75 Å². The maximum absolute atomic E-state index is 12.0. The Morgan fingerprint density at radius 1 is 1.21 bits per heavy atom. The van der Waals surface area contributed by atoms with Crippen LogP contribution in [-0.4, -0.2) is 17.6 Å². The Hall–Kier alpha value is -3.27. The van der Waals surface area contributed by atoms with Gasteiger partial charge in [0.1, 0.15) is 11.5 Å². The number of aromatic carboxylic acids is 1. The molecule has 2 aromatic carbocycles. The molecule has 1 aliphatic carbocycles. The van der Waals surface area contributed by atoms with Gasteiger partial charge in [0.15, 0.2) is 0 Å². The first-order valence-corrected chi connectivity index (χ1v) is 9.88. The molecule has 2 unspecified atom stereocenters. The van der Waals surface area contributed by atoms with E-state index in [1.807, 2.05) is 31.2 Å². The van der Waals surface area contributed by atoms with Gasteiger partial charge in [0, 0.05) is 35.7 Å². The van der Waals surface area contributed by atoms with Crippen molar-refractivity contribution in [3.8, 4) is 5.75 Å². The van der Waals surface area contributed by atoms with Gasteiger partial charge in [0.05, 0.1) is 5.56 Å². The number of hydrogen-bond acceptors (Lipinski definition) is 3. The summed E-state index contributed by atoms with van der Waals surface area (Å²) in [6.45, 7) is 11.1. The van der Waals surface area contributed by atoms with Gasteiger partial charge in [-0.05, 0) is 61.3 Å². The fourth-order valence-corrected chi connectivity index (χ4v) is 4.27. The number of aryl methyl sites for hydroxylation is 1. The van der Waals surface area contributed by atoms with Crippen molar-refractivity contribution in [3.05, 3.63) is 94.3 Å². The molecule has 1 heterocycles. The van der Waals surface area contributed by atoms with E-state index in [4.69, 9.17) is 4.74 Å². The molecule has 148 valence electrons. The first-order chi connectivity index (χ1) is 13.9. The Kier molecular flexibility index (Phi) is 4.79. The average molecular weight is 387 g/mol. The zero-order valence-corrected chi connectivity index (χ0v) is 17.0. The number of fused-ring (bicyclic) bond motifs is 2. The number of nitrogens with one attached hydrogen (secondary N) is 1. The van der Waals surface area contributed by atoms with Gasteiger partial charge in [-0.15, -0.1) is 0 Å². The van der Waals surface area contributed by atoms with Crippen LogP contribution in [0.25, 0.3) is 0 Å². The number of rotatable bonds is 4. The lowest BCUT2D eigenvalue weighted by molar-refractivity contribution is 0.0695. The first-order valence-electron chi connectivity index (χ1n) is 9.88. The molecule has 0 fully saturated rings. The van der Waals surface area contributed by atoms with Crippen molar-refractivity contribution in [1.29, 1.82) is 0 Å². The molecule has 2 atom stereocenters. The maximum Gasteiger partial charge on any atom is 0.335 e. The van der Waals surface area contributed by atoms with Crippen molar-refractivity contribution in [2.24, 2.45) is 5.92 Å². The van der Waals surface area contributed by atoms with E-state index in [2.05, 4.69) is 37.9 Å². The highest BCUT2D eigenvalue weighted by molar-refractivity contribution is 5.90. The van der Waals surface area contributed by atoms with E-state index < -0.39 is 5.97 Å². The van der Waals surface area contributed by atoms with E-state index in [1.54, 1.807) is 12.1 Å². The van der Waals surface area contributed by atoms with Gasteiger partial charge in [-0.2, -0.15) is 0 Å². The Labute approximate surface area is 171 Å². The molecule has 2 N–H and O–H groups in total. The highest BCUT2D eigenvalue weighted by Crippen LogP contribution is 2.50. The molecule has 4 nitrogen and oxygen atoms in total. The number of carboxylic acid groups (broad SMARTS) is 1. The zero-order chi connectivity index (χ0) is 20.7. The predicted molar refractivity (Wildman–Crippen MR) is 116 cm³/mol. The van der Waals surface area contributed by atoms with Gasteiger partial charge in [-0.3, -0.25) is 0 Å². The number of allylic oxidation sites excluding steroid dienone is 4. The van der Waals surface area contributed by atoms with Crippen molar-refractivity contribution in [1.82, 2.24) is 0 Å². The molecule has 0 saturated heterocycles. The largest absolute Gasteiger partial charge is 0.478 e.